The number of nitrogens with two attached hydrogens (primary N) is 3. The summed E-state index contributed by atoms with van der Waals surface area (Å²) >= 11 is 0. The van der Waals surface area contributed by atoms with Gasteiger partial charge in [0.15, 0.2) is 0 Å². The van der Waals surface area contributed by atoms with Crippen molar-refractivity contribution in [3.05, 3.63) is 53.1 Å². The van der Waals surface area contributed by atoms with Crippen LogP contribution >= 0.6 is 0 Å². The number of benzene rings is 2. The molecule has 1 fully saturated rings. The number of phenolic OH excluding ortho intramolecular Hbond substituents is 1. The van der Waals surface area contributed by atoms with Crippen LogP contribution in [0.3, 0.4) is 0 Å². The molecule has 0 saturated carbocycles. The molecule has 9 nitrogen and oxygen atoms in total. The van der Waals surface area contributed by atoms with Crippen LogP contribution in [0.2, 0.25) is 0 Å². The number of likely N-dealkylation sites (N-methyl/N-ethyl adjacent to an activating group) is 1. The number of ether oxygens (including phenoxy) is 2. The number of anilines is 1. The highest BCUT2D eigenvalue weighted by molar-refractivity contribution is 5.52. The Morgan fingerprint density at radius 2 is 1.51 bits per heavy atom. The van der Waals surface area contributed by atoms with E-state index in [-0.39, 0.29) is 11.7 Å². The second-order valence-electron chi connectivity index (χ2n) is 9.91. The molecule has 2 aromatic carbocycles. The number of rotatable bonds is 11. The molecular weight excluding hydrogens is 492 g/mol. The summed E-state index contributed by atoms with van der Waals surface area (Å²) < 4.78 is 9.97. The number of hydrogen-bond acceptors (Lipinski definition) is 9. The zero-order valence-corrected chi connectivity index (χ0v) is 25.1. The third-order valence-corrected chi connectivity index (χ3v) is 6.54. The molecule has 1 aliphatic rings. The quantitative estimate of drug-likeness (QED) is 0.267. The van der Waals surface area contributed by atoms with Crippen molar-refractivity contribution in [2.24, 2.45) is 17.2 Å². The molecule has 3 rings (SSSR count). The van der Waals surface area contributed by atoms with Crippen molar-refractivity contribution in [3.8, 4) is 11.5 Å². The number of phenols is 1. The Morgan fingerprint density at radius 1 is 0.923 bits per heavy atom. The molecule has 1 saturated heterocycles. The second-order valence-corrected chi connectivity index (χ2v) is 9.91. The van der Waals surface area contributed by atoms with Crippen LogP contribution in [-0.4, -0.2) is 81.5 Å². The highest BCUT2D eigenvalue weighted by Crippen LogP contribution is 2.35. The summed E-state index contributed by atoms with van der Waals surface area (Å²) in [7, 11) is 3.25. The third-order valence-electron chi connectivity index (χ3n) is 6.54. The molecule has 9 heteroatoms. The summed E-state index contributed by atoms with van der Waals surface area (Å²) in [6.45, 7) is 17.2. The van der Waals surface area contributed by atoms with Crippen molar-refractivity contribution in [3.63, 3.8) is 0 Å². The van der Waals surface area contributed by atoms with Gasteiger partial charge in [-0.15, -0.1) is 0 Å². The maximum atomic E-state index is 10.4. The Labute approximate surface area is 236 Å². The van der Waals surface area contributed by atoms with E-state index in [1.54, 1.807) is 20.3 Å². The summed E-state index contributed by atoms with van der Waals surface area (Å²) in [6.07, 6.45) is 0.585. The number of aromatic hydroxyl groups is 1. The first-order chi connectivity index (χ1) is 18.7. The molecule has 39 heavy (non-hydrogen) atoms. The molecule has 0 amide bonds. The summed E-state index contributed by atoms with van der Waals surface area (Å²) in [4.78, 5) is 4.99. The van der Waals surface area contributed by atoms with E-state index in [4.69, 9.17) is 21.9 Å². The fourth-order valence-electron chi connectivity index (χ4n) is 4.08. The molecule has 222 valence electrons. The van der Waals surface area contributed by atoms with Gasteiger partial charge in [-0.3, -0.25) is 4.90 Å². The van der Waals surface area contributed by atoms with E-state index >= 15 is 0 Å². The van der Waals surface area contributed by atoms with E-state index in [0.717, 1.165) is 63.5 Å². The van der Waals surface area contributed by atoms with Crippen LogP contribution in [0.15, 0.2) is 36.4 Å². The number of piperazine rings is 1. The van der Waals surface area contributed by atoms with Crippen molar-refractivity contribution in [1.82, 2.24) is 9.80 Å². The summed E-state index contributed by atoms with van der Waals surface area (Å²) in [5.74, 6) is 1.09. The lowest BCUT2D eigenvalue weighted by molar-refractivity contribution is 0.132. The molecule has 1 heterocycles. The maximum absolute atomic E-state index is 10.4. The van der Waals surface area contributed by atoms with Crippen molar-refractivity contribution in [1.29, 1.82) is 0 Å². The fourth-order valence-corrected chi connectivity index (χ4v) is 4.08. The van der Waals surface area contributed by atoms with Crippen LogP contribution in [0, 0.1) is 0 Å². The molecule has 0 aliphatic carbocycles. The van der Waals surface area contributed by atoms with Crippen LogP contribution in [0.25, 0.3) is 0 Å². The normalized spacial score (nSPS) is 14.6. The van der Waals surface area contributed by atoms with Crippen LogP contribution in [0.5, 0.6) is 11.5 Å². The van der Waals surface area contributed by atoms with E-state index in [1.165, 1.54) is 5.56 Å². The molecular formula is C30H54N6O3. The van der Waals surface area contributed by atoms with E-state index in [0.29, 0.717) is 24.5 Å². The smallest absolute Gasteiger partial charge is 0.126 e. The number of nitrogens with zero attached hydrogens (tertiary/aromatic N) is 2. The molecule has 0 spiro atoms. The van der Waals surface area contributed by atoms with Crippen LogP contribution in [0.1, 0.15) is 62.9 Å². The van der Waals surface area contributed by atoms with Gasteiger partial charge in [-0.25, -0.2) is 0 Å². The van der Waals surface area contributed by atoms with Gasteiger partial charge in [0.05, 0.1) is 13.7 Å². The lowest BCUT2D eigenvalue weighted by atomic mass is 9.97. The first kappa shape index (κ1) is 34.6. The Balaban J connectivity index is 0.000000733. The summed E-state index contributed by atoms with van der Waals surface area (Å²) in [6, 6.07) is 12.0. The lowest BCUT2D eigenvalue weighted by Crippen LogP contribution is -2.45. The molecule has 1 atom stereocenters. The summed E-state index contributed by atoms with van der Waals surface area (Å²) in [5, 5.41) is 13.7. The van der Waals surface area contributed by atoms with Crippen molar-refractivity contribution < 1.29 is 14.6 Å². The highest BCUT2D eigenvalue weighted by atomic mass is 16.5. The minimum atomic E-state index is -0.513. The van der Waals surface area contributed by atoms with Crippen molar-refractivity contribution in [2.45, 2.75) is 52.7 Å². The monoisotopic (exact) mass is 546 g/mol. The van der Waals surface area contributed by atoms with Gasteiger partial charge in [0.1, 0.15) is 17.7 Å². The Kier molecular flexibility index (Phi) is 17.4. The largest absolute Gasteiger partial charge is 0.507 e. The fraction of sp³-hybridized carbons (Fsp3) is 0.600. The molecule has 0 radical (unpaired) electrons. The van der Waals surface area contributed by atoms with Crippen LogP contribution in [-0.2, 0) is 11.3 Å². The maximum Gasteiger partial charge on any atom is 0.126 e. The van der Waals surface area contributed by atoms with Crippen molar-refractivity contribution >= 4 is 5.69 Å². The third kappa shape index (κ3) is 12.5. The predicted octanol–water partition coefficient (Wildman–Crippen LogP) is 3.68. The molecule has 0 bridgehead atoms. The number of nitrogens with one attached hydrogen (secondary N) is 1. The first-order valence-electron chi connectivity index (χ1n) is 14.1. The molecule has 0 aromatic heterocycles. The lowest BCUT2D eigenvalue weighted by Gasteiger charge is -2.34. The van der Waals surface area contributed by atoms with Gasteiger partial charge in [0.25, 0.3) is 0 Å². The number of hydrogen-bond donors (Lipinski definition) is 5. The zero-order valence-electron chi connectivity index (χ0n) is 25.1. The molecule has 1 unspecified atom stereocenters. The standard InChI is InChI=1S/C24H36N4O2.C3H9NO.C3H9N/c1-5-27-10-12-28(13-11-27)16-18-6-8-19(9-7-18)26-24(25)21-14-20(17(2)3)23(30-4)15-22(21)29;1-5-3-2-4;1-2-3-4/h6-9,14-15,17,24,26,29H,5,10-13,16,25H2,1-4H3;2-4H2,1H3;2-4H2,1H3. The van der Waals surface area contributed by atoms with Gasteiger partial charge < -0.3 is 42.0 Å². The van der Waals surface area contributed by atoms with Gasteiger partial charge >= 0.3 is 0 Å². The first-order valence-corrected chi connectivity index (χ1v) is 14.1. The minimum absolute atomic E-state index is 0.138. The van der Waals surface area contributed by atoms with E-state index < -0.39 is 6.17 Å². The minimum Gasteiger partial charge on any atom is -0.507 e. The SMILES string of the molecule is CCCN.CCN1CCN(Cc2ccc(NC(N)c3cc(C(C)C)c(OC)cc3O)cc2)CC1.COCCN. The topological polar surface area (TPSA) is 135 Å². The van der Waals surface area contributed by atoms with Crippen molar-refractivity contribution in [2.75, 3.05) is 72.0 Å². The Bertz CT molecular complexity index is 898. The van der Waals surface area contributed by atoms with Gasteiger partial charge in [0.2, 0.25) is 0 Å². The average Bonchev–Trinajstić information content (AvgIpc) is 2.95. The van der Waals surface area contributed by atoms with E-state index in [2.05, 4.69) is 71.8 Å². The van der Waals surface area contributed by atoms with E-state index in [1.807, 2.05) is 6.07 Å². The molecule has 2 aromatic rings. The van der Waals surface area contributed by atoms with Gasteiger partial charge in [-0.05, 0) is 54.8 Å². The van der Waals surface area contributed by atoms with Gasteiger partial charge in [-0.1, -0.05) is 39.8 Å². The predicted molar refractivity (Wildman–Crippen MR) is 163 cm³/mol. The van der Waals surface area contributed by atoms with Gasteiger partial charge in [-0.2, -0.15) is 0 Å². The Hall–Kier alpha value is -2.40. The van der Waals surface area contributed by atoms with Gasteiger partial charge in [0, 0.05) is 63.7 Å². The number of methoxy groups -OCH3 is 2. The van der Waals surface area contributed by atoms with E-state index in [9.17, 15) is 5.11 Å². The molecule has 8 N–H and O–H groups in total. The summed E-state index contributed by atoms with van der Waals surface area (Å²) in [5.41, 5.74) is 20.3. The highest BCUT2D eigenvalue weighted by Gasteiger charge is 2.18. The zero-order chi connectivity index (χ0) is 29.2. The molecule has 1 aliphatic heterocycles. The second kappa shape index (κ2) is 19.6. The average molecular weight is 547 g/mol. The van der Waals surface area contributed by atoms with Crippen LogP contribution < -0.4 is 27.3 Å². The Morgan fingerprint density at radius 3 is 1.95 bits per heavy atom. The van der Waals surface area contributed by atoms with Crippen LogP contribution in [0.4, 0.5) is 5.69 Å².